The second-order valence-corrected chi connectivity index (χ2v) is 6.39. The van der Waals surface area contributed by atoms with E-state index in [0.29, 0.717) is 12.4 Å². The fourth-order valence-corrected chi connectivity index (χ4v) is 2.75. The van der Waals surface area contributed by atoms with Crippen molar-refractivity contribution >= 4 is 11.9 Å². The van der Waals surface area contributed by atoms with E-state index in [9.17, 15) is 4.79 Å². The third-order valence-corrected chi connectivity index (χ3v) is 4.05. The van der Waals surface area contributed by atoms with Crippen molar-refractivity contribution < 1.29 is 9.53 Å². The number of hydrogen-bond donors (Lipinski definition) is 0. The van der Waals surface area contributed by atoms with Gasteiger partial charge in [-0.15, -0.1) is 0 Å². The molecule has 1 aromatic carbocycles. The highest BCUT2D eigenvalue weighted by Gasteiger charge is 2.36. The summed E-state index contributed by atoms with van der Waals surface area (Å²) in [4.78, 5) is 18.3. The minimum atomic E-state index is -0.340. The molecule has 1 amide bonds. The molecule has 122 valence electrons. The second kappa shape index (κ2) is 6.76. The van der Waals surface area contributed by atoms with Gasteiger partial charge in [-0.05, 0) is 51.0 Å². The van der Waals surface area contributed by atoms with Gasteiger partial charge in [-0.2, -0.15) is 0 Å². The maximum absolute atomic E-state index is 12.3. The lowest BCUT2D eigenvalue weighted by molar-refractivity contribution is 0.157. The van der Waals surface area contributed by atoms with E-state index in [1.54, 1.807) is 11.1 Å². The van der Waals surface area contributed by atoms with Crippen LogP contribution in [0.25, 0.3) is 0 Å². The standard InChI is InChI=1S/C20H20N2O2/c1-20(2)13-6-14-24-19(23)22(20)18-12-11-17(15-21-18)10-9-16-7-4-3-5-8-16/h3-5,7-8,11-12,15H,6,13-14H2,1-2H3. The molecule has 4 heteroatoms. The van der Waals surface area contributed by atoms with E-state index in [2.05, 4.69) is 16.8 Å². The van der Waals surface area contributed by atoms with Crippen LogP contribution >= 0.6 is 0 Å². The molecular weight excluding hydrogens is 300 g/mol. The SMILES string of the molecule is CC1(C)CCCOC(=O)N1c1ccc(C#Cc2ccccc2)cn1. The summed E-state index contributed by atoms with van der Waals surface area (Å²) in [6.07, 6.45) is 3.08. The first-order chi connectivity index (χ1) is 11.6. The highest BCUT2D eigenvalue weighted by molar-refractivity contribution is 5.88. The Hall–Kier alpha value is -2.80. The normalized spacial score (nSPS) is 16.6. The van der Waals surface area contributed by atoms with E-state index >= 15 is 0 Å². The van der Waals surface area contributed by atoms with Crippen LogP contribution in [0.3, 0.4) is 0 Å². The summed E-state index contributed by atoms with van der Waals surface area (Å²) in [5.41, 5.74) is 1.44. The molecule has 0 radical (unpaired) electrons. The largest absolute Gasteiger partial charge is 0.449 e. The highest BCUT2D eigenvalue weighted by Crippen LogP contribution is 2.29. The molecular formula is C20H20N2O2. The third-order valence-electron chi connectivity index (χ3n) is 4.05. The van der Waals surface area contributed by atoms with Crippen molar-refractivity contribution in [2.75, 3.05) is 11.5 Å². The van der Waals surface area contributed by atoms with Crippen LogP contribution in [0.2, 0.25) is 0 Å². The lowest BCUT2D eigenvalue weighted by Crippen LogP contribution is -2.47. The fraction of sp³-hybridized carbons (Fsp3) is 0.300. The average Bonchev–Trinajstić information content (AvgIpc) is 2.72. The summed E-state index contributed by atoms with van der Waals surface area (Å²) < 4.78 is 5.26. The summed E-state index contributed by atoms with van der Waals surface area (Å²) in [6, 6.07) is 13.5. The van der Waals surface area contributed by atoms with Crippen molar-refractivity contribution in [3.8, 4) is 11.8 Å². The first-order valence-corrected chi connectivity index (χ1v) is 8.06. The van der Waals surface area contributed by atoms with E-state index in [1.165, 1.54) is 0 Å². The number of aromatic nitrogens is 1. The van der Waals surface area contributed by atoms with E-state index < -0.39 is 0 Å². The molecule has 0 unspecified atom stereocenters. The van der Waals surface area contributed by atoms with Gasteiger partial charge in [-0.3, -0.25) is 4.90 Å². The first kappa shape index (κ1) is 16.1. The van der Waals surface area contributed by atoms with Crippen molar-refractivity contribution in [1.29, 1.82) is 0 Å². The Morgan fingerprint density at radius 3 is 2.54 bits per heavy atom. The number of carbonyl (C=O) groups is 1. The van der Waals surface area contributed by atoms with Crippen LogP contribution in [0.4, 0.5) is 10.6 Å². The number of cyclic esters (lactones) is 1. The summed E-state index contributed by atoms with van der Waals surface area (Å²) in [5, 5.41) is 0. The van der Waals surface area contributed by atoms with Crippen molar-refractivity contribution in [1.82, 2.24) is 4.98 Å². The number of rotatable bonds is 1. The first-order valence-electron chi connectivity index (χ1n) is 8.06. The number of ether oxygens (including phenoxy) is 1. The Bertz CT molecular complexity index is 771. The quantitative estimate of drug-likeness (QED) is 0.746. The zero-order valence-corrected chi connectivity index (χ0v) is 14.0. The summed E-state index contributed by atoms with van der Waals surface area (Å²) >= 11 is 0. The number of hydrogen-bond acceptors (Lipinski definition) is 3. The molecule has 3 rings (SSSR count). The lowest BCUT2D eigenvalue weighted by Gasteiger charge is -2.34. The lowest BCUT2D eigenvalue weighted by atomic mass is 9.97. The Morgan fingerprint density at radius 2 is 1.83 bits per heavy atom. The topological polar surface area (TPSA) is 42.4 Å². The summed E-state index contributed by atoms with van der Waals surface area (Å²) in [6.45, 7) is 4.52. The molecule has 1 aromatic heterocycles. The van der Waals surface area contributed by atoms with Gasteiger partial charge in [0.25, 0.3) is 0 Å². The number of benzene rings is 1. The van der Waals surface area contributed by atoms with Crippen molar-refractivity contribution in [3.05, 3.63) is 59.8 Å². The molecule has 2 aromatic rings. The Balaban J connectivity index is 1.84. The van der Waals surface area contributed by atoms with Crippen LogP contribution in [0.15, 0.2) is 48.7 Å². The highest BCUT2D eigenvalue weighted by atomic mass is 16.6. The van der Waals surface area contributed by atoms with Crippen LogP contribution in [-0.2, 0) is 4.74 Å². The molecule has 0 N–H and O–H groups in total. The maximum Gasteiger partial charge on any atom is 0.415 e. The van der Waals surface area contributed by atoms with Gasteiger partial charge in [0, 0.05) is 22.9 Å². The van der Waals surface area contributed by atoms with Crippen LogP contribution in [0.5, 0.6) is 0 Å². The molecule has 0 atom stereocenters. The third kappa shape index (κ3) is 3.57. The van der Waals surface area contributed by atoms with Gasteiger partial charge in [0.1, 0.15) is 5.82 Å². The van der Waals surface area contributed by atoms with Crippen molar-refractivity contribution in [2.24, 2.45) is 0 Å². The minimum Gasteiger partial charge on any atom is -0.449 e. The van der Waals surface area contributed by atoms with Gasteiger partial charge in [0.15, 0.2) is 0 Å². The number of pyridine rings is 1. The van der Waals surface area contributed by atoms with E-state index in [1.807, 2.05) is 56.3 Å². The molecule has 0 aliphatic carbocycles. The summed E-state index contributed by atoms with van der Waals surface area (Å²) in [7, 11) is 0. The van der Waals surface area contributed by atoms with Crippen molar-refractivity contribution in [3.63, 3.8) is 0 Å². The van der Waals surface area contributed by atoms with Crippen LogP contribution in [0, 0.1) is 11.8 Å². The van der Waals surface area contributed by atoms with E-state index in [-0.39, 0.29) is 11.6 Å². The molecule has 1 saturated heterocycles. The van der Waals surface area contributed by atoms with Crippen LogP contribution < -0.4 is 4.90 Å². The molecule has 24 heavy (non-hydrogen) atoms. The molecule has 2 heterocycles. The Labute approximate surface area is 142 Å². The number of amides is 1. The Morgan fingerprint density at radius 1 is 1.08 bits per heavy atom. The molecule has 0 saturated carbocycles. The monoisotopic (exact) mass is 320 g/mol. The minimum absolute atomic E-state index is 0.322. The molecule has 0 spiro atoms. The van der Waals surface area contributed by atoms with Gasteiger partial charge < -0.3 is 4.74 Å². The van der Waals surface area contributed by atoms with Gasteiger partial charge in [0.2, 0.25) is 0 Å². The average molecular weight is 320 g/mol. The molecule has 1 aliphatic rings. The van der Waals surface area contributed by atoms with Crippen LogP contribution in [0.1, 0.15) is 37.8 Å². The second-order valence-electron chi connectivity index (χ2n) is 6.39. The predicted octanol–water partition coefficient (Wildman–Crippen LogP) is 4.00. The van der Waals surface area contributed by atoms with E-state index in [0.717, 1.165) is 24.0 Å². The maximum atomic E-state index is 12.3. The van der Waals surface area contributed by atoms with Crippen molar-refractivity contribution in [2.45, 2.75) is 32.2 Å². The fourth-order valence-electron chi connectivity index (χ4n) is 2.75. The smallest absolute Gasteiger partial charge is 0.415 e. The van der Waals surface area contributed by atoms with Gasteiger partial charge in [0.05, 0.1) is 6.61 Å². The summed E-state index contributed by atoms with van der Waals surface area (Å²) in [5.74, 6) is 6.78. The zero-order chi connectivity index (χ0) is 17.0. The van der Waals surface area contributed by atoms with Gasteiger partial charge >= 0.3 is 6.09 Å². The molecule has 1 aliphatic heterocycles. The zero-order valence-electron chi connectivity index (χ0n) is 14.0. The molecule has 0 bridgehead atoms. The predicted molar refractivity (Wildman–Crippen MR) is 93.8 cm³/mol. The molecule has 1 fully saturated rings. The Kier molecular flexibility index (Phi) is 4.52. The van der Waals surface area contributed by atoms with Crippen LogP contribution in [-0.4, -0.2) is 23.2 Å². The number of anilines is 1. The molecule has 4 nitrogen and oxygen atoms in total. The van der Waals surface area contributed by atoms with E-state index in [4.69, 9.17) is 4.74 Å². The number of nitrogens with zero attached hydrogens (tertiary/aromatic N) is 2. The van der Waals surface area contributed by atoms with Gasteiger partial charge in [-0.25, -0.2) is 9.78 Å². The number of carbonyl (C=O) groups excluding carboxylic acids is 1. The van der Waals surface area contributed by atoms with Gasteiger partial charge in [-0.1, -0.05) is 30.0 Å².